The minimum atomic E-state index is -0.755. The van der Waals surface area contributed by atoms with Crippen LogP contribution in [0, 0.1) is 0 Å². The molecular formula is C116H64N6O4. The molecule has 2 spiro atoms. The molecular weight excluding hydrogens is 1540 g/mol. The molecule has 4 aliphatic rings. The minimum absolute atomic E-state index is 0.502. The van der Waals surface area contributed by atoms with Gasteiger partial charge in [0, 0.05) is 70.9 Å². The SMILES string of the molecule is c1ccc2c(c1)-c1ccccc1C1(c3ccccc3-2)c2ccccc2-c2cc(-c3nc(-c4ccc5c(c4)oc4ccccc45)nc(-c4ccc5c(c4)oc4cc(-c6ccc7c(c6)-c6ccccc6C6(c8ccccc8-7)c7ccccc7-c7cc(-c8nc(-c9ccc%10c(c9)oc9ccccc9%10)nc(-c9cccc%10c9oc9ccccc9%10)n8)ccc76)ccc45)n3)ccc21. The van der Waals surface area contributed by atoms with Gasteiger partial charge in [-0.3, -0.25) is 0 Å². The number of rotatable bonds is 7. The minimum Gasteiger partial charge on any atom is -0.456 e. The Morgan fingerprint density at radius 2 is 0.389 bits per heavy atom. The number of benzene rings is 18. The summed E-state index contributed by atoms with van der Waals surface area (Å²) in [5, 5.41) is 8.17. The molecule has 0 radical (unpaired) electrons. The van der Waals surface area contributed by atoms with Crippen LogP contribution in [-0.2, 0) is 10.8 Å². The van der Waals surface area contributed by atoms with Crippen molar-refractivity contribution in [2.75, 3.05) is 0 Å². The number of aromatic nitrogens is 6. The highest BCUT2D eigenvalue weighted by molar-refractivity contribution is 6.12. The fourth-order valence-electron chi connectivity index (χ4n) is 21.9. The van der Waals surface area contributed by atoms with E-state index in [1.807, 2.05) is 66.7 Å². The van der Waals surface area contributed by atoms with Crippen LogP contribution in [-0.4, -0.2) is 29.9 Å². The number of para-hydroxylation sites is 4. The number of hydrogen-bond acceptors (Lipinski definition) is 10. The third-order valence-electron chi connectivity index (χ3n) is 27.3. The second-order valence-corrected chi connectivity index (χ2v) is 33.6. The van der Waals surface area contributed by atoms with E-state index in [2.05, 4.69) is 322 Å². The largest absolute Gasteiger partial charge is 0.456 e. The molecule has 0 fully saturated rings. The molecule has 0 bridgehead atoms. The van der Waals surface area contributed by atoms with Crippen LogP contribution in [0.25, 0.3) is 234 Å². The molecule has 126 heavy (non-hydrogen) atoms. The highest BCUT2D eigenvalue weighted by Gasteiger charge is 2.52. The lowest BCUT2D eigenvalue weighted by Crippen LogP contribution is -2.29. The Morgan fingerprint density at radius 3 is 0.810 bits per heavy atom. The van der Waals surface area contributed by atoms with E-state index in [4.69, 9.17) is 47.6 Å². The second kappa shape index (κ2) is 25.9. The number of fused-ring (bicyclic) bond motifs is 36. The van der Waals surface area contributed by atoms with Crippen molar-refractivity contribution in [1.82, 2.24) is 29.9 Å². The summed E-state index contributed by atoms with van der Waals surface area (Å²) in [5.41, 5.74) is 35.5. The molecule has 4 aliphatic carbocycles. The third-order valence-corrected chi connectivity index (χ3v) is 27.3. The number of hydrogen-bond donors (Lipinski definition) is 0. The van der Waals surface area contributed by atoms with Gasteiger partial charge in [-0.15, -0.1) is 0 Å². The molecule has 1 atom stereocenters. The van der Waals surface area contributed by atoms with Crippen molar-refractivity contribution in [1.29, 1.82) is 0 Å². The van der Waals surface area contributed by atoms with Crippen molar-refractivity contribution < 1.29 is 17.7 Å². The van der Waals surface area contributed by atoms with Gasteiger partial charge in [-0.05, 0) is 213 Å². The molecule has 582 valence electrons. The zero-order valence-electron chi connectivity index (χ0n) is 67.3. The molecule has 6 heterocycles. The fraction of sp³-hybridized carbons (Fsp3) is 0.0172. The molecule has 1 unspecified atom stereocenters. The quantitative estimate of drug-likeness (QED) is 0.152. The highest BCUT2D eigenvalue weighted by atomic mass is 16.3. The first-order chi connectivity index (χ1) is 62.4. The van der Waals surface area contributed by atoms with Gasteiger partial charge in [-0.25, -0.2) is 29.9 Å². The maximum absolute atomic E-state index is 7.10. The van der Waals surface area contributed by atoms with E-state index in [0.29, 0.717) is 40.5 Å². The molecule has 6 aromatic heterocycles. The highest BCUT2D eigenvalue weighted by Crippen LogP contribution is 2.65. The van der Waals surface area contributed by atoms with Crippen LogP contribution < -0.4 is 0 Å². The Morgan fingerprint density at radius 1 is 0.143 bits per heavy atom. The Kier molecular flexibility index (Phi) is 14.1. The maximum atomic E-state index is 7.10. The van der Waals surface area contributed by atoms with Crippen LogP contribution in [0.2, 0.25) is 0 Å². The van der Waals surface area contributed by atoms with Crippen LogP contribution in [0.3, 0.4) is 0 Å². The zero-order chi connectivity index (χ0) is 82.2. The lowest BCUT2D eigenvalue weighted by atomic mass is 9.66. The Hall–Kier alpha value is -16.8. The average molecular weight is 1610 g/mol. The first-order valence-electron chi connectivity index (χ1n) is 42.8. The second-order valence-electron chi connectivity index (χ2n) is 33.6. The van der Waals surface area contributed by atoms with Crippen molar-refractivity contribution in [3.05, 3.63) is 433 Å². The van der Waals surface area contributed by atoms with Gasteiger partial charge in [0.05, 0.1) is 16.4 Å². The summed E-state index contributed by atoms with van der Waals surface area (Å²) in [6.45, 7) is 0. The molecule has 28 rings (SSSR count). The maximum Gasteiger partial charge on any atom is 0.167 e. The molecule has 10 heteroatoms. The van der Waals surface area contributed by atoms with Crippen molar-refractivity contribution in [3.8, 4) is 146 Å². The summed E-state index contributed by atoms with van der Waals surface area (Å²) < 4.78 is 26.8. The van der Waals surface area contributed by atoms with Gasteiger partial charge in [-0.1, -0.05) is 297 Å². The van der Waals surface area contributed by atoms with Crippen molar-refractivity contribution >= 4 is 87.8 Å². The number of furan rings is 4. The molecule has 0 saturated carbocycles. The molecule has 0 saturated heterocycles. The molecule has 0 amide bonds. The summed E-state index contributed by atoms with van der Waals surface area (Å²) in [4.78, 5) is 32.5. The van der Waals surface area contributed by atoms with Crippen LogP contribution in [0.5, 0.6) is 0 Å². The monoisotopic (exact) mass is 1600 g/mol. The molecule has 18 aromatic carbocycles. The van der Waals surface area contributed by atoms with Crippen LogP contribution in [0.15, 0.2) is 406 Å². The fourth-order valence-corrected chi connectivity index (χ4v) is 21.9. The Balaban J connectivity index is 0.560. The predicted octanol–water partition coefficient (Wildman–Crippen LogP) is 29.3. The first-order valence-corrected chi connectivity index (χ1v) is 42.8. The van der Waals surface area contributed by atoms with Gasteiger partial charge >= 0.3 is 0 Å². The van der Waals surface area contributed by atoms with Crippen LogP contribution in [0.1, 0.15) is 44.5 Å². The average Bonchev–Trinajstić information content (AvgIpc) is 1.51. The van der Waals surface area contributed by atoms with Crippen molar-refractivity contribution in [2.24, 2.45) is 0 Å². The van der Waals surface area contributed by atoms with Gasteiger partial charge in [-0.2, -0.15) is 0 Å². The van der Waals surface area contributed by atoms with E-state index >= 15 is 0 Å². The van der Waals surface area contributed by atoms with E-state index in [9.17, 15) is 0 Å². The van der Waals surface area contributed by atoms with Crippen molar-refractivity contribution in [3.63, 3.8) is 0 Å². The van der Waals surface area contributed by atoms with Crippen molar-refractivity contribution in [2.45, 2.75) is 10.8 Å². The van der Waals surface area contributed by atoms with Gasteiger partial charge in [0.2, 0.25) is 0 Å². The standard InChI is InChI=1S/C116H64N6O4/c1-2-23-73-72(22-1)75-24-3-12-35-93(75)115(94-36-13-4-25-76(73)94)97-39-16-7-28-79(97)91-59-67(49-56-99(91)115)109-117-111(69-46-53-84-81-30-9-18-41-101(81)123-105(84)62-69)120-112(118-109)70-48-55-87-86-52-45-66(61-104(86)125-107(87)64-70)65-44-51-74-77-26-5-14-37-95(77)116(96-38-15-6-27-78(96)90(74)58-65)98-40-17-8-29-80(98)92-60-68(50-57-100(92)116)110-119-113(71-47-54-85-82-31-10-19-42-102(82)124-106(85)63-71)122-114(121-110)89-34-21-33-88-83-32-11-20-43-103(83)126-108(88)89/h1-64H. The summed E-state index contributed by atoms with van der Waals surface area (Å²) >= 11 is 0. The molecule has 10 nitrogen and oxygen atoms in total. The van der Waals surface area contributed by atoms with E-state index < -0.39 is 10.8 Å². The van der Waals surface area contributed by atoms with E-state index in [0.717, 1.165) is 166 Å². The normalized spacial score (nSPS) is 14.1. The van der Waals surface area contributed by atoms with Gasteiger partial charge in [0.15, 0.2) is 34.9 Å². The van der Waals surface area contributed by atoms with E-state index in [1.54, 1.807) is 0 Å². The summed E-state index contributed by atoms with van der Waals surface area (Å²) in [6.07, 6.45) is 0. The topological polar surface area (TPSA) is 130 Å². The van der Waals surface area contributed by atoms with Gasteiger partial charge < -0.3 is 17.7 Å². The predicted molar refractivity (Wildman–Crippen MR) is 504 cm³/mol. The smallest absolute Gasteiger partial charge is 0.167 e. The summed E-state index contributed by atoms with van der Waals surface area (Å²) in [5.74, 6) is 3.13. The molecule has 24 aromatic rings. The number of nitrogens with zero attached hydrogens (tertiary/aromatic N) is 6. The van der Waals surface area contributed by atoms with Gasteiger partial charge in [0.1, 0.15) is 44.7 Å². The van der Waals surface area contributed by atoms with Crippen LogP contribution in [0.4, 0.5) is 0 Å². The summed E-state index contributed by atoms with van der Waals surface area (Å²) in [7, 11) is 0. The lowest BCUT2D eigenvalue weighted by molar-refractivity contribution is 0.668. The van der Waals surface area contributed by atoms with Crippen LogP contribution >= 0.6 is 0 Å². The lowest BCUT2D eigenvalue weighted by Gasteiger charge is -2.35. The third kappa shape index (κ3) is 9.63. The van der Waals surface area contributed by atoms with E-state index in [1.165, 1.54) is 72.3 Å². The molecule has 0 N–H and O–H groups in total. The van der Waals surface area contributed by atoms with E-state index in [-0.39, 0.29) is 0 Å². The molecule has 0 aliphatic heterocycles. The first kappa shape index (κ1) is 68.9. The van der Waals surface area contributed by atoms with Gasteiger partial charge in [0.25, 0.3) is 0 Å². The zero-order valence-corrected chi connectivity index (χ0v) is 67.3. The Bertz CT molecular complexity index is 8860. The summed E-state index contributed by atoms with van der Waals surface area (Å²) in [6, 6.07) is 140. The Labute approximate surface area is 720 Å².